The van der Waals surface area contributed by atoms with Gasteiger partial charge in [-0.1, -0.05) is 23.2 Å². The van der Waals surface area contributed by atoms with E-state index in [4.69, 9.17) is 23.2 Å². The number of thiophene rings is 1. The Hall–Kier alpha value is -1.69. The molecule has 0 fully saturated rings. The van der Waals surface area contributed by atoms with E-state index in [1.54, 1.807) is 0 Å². The number of halogens is 4. The number of fused-ring (bicyclic) bond motifs is 1. The molecule has 0 saturated heterocycles. The summed E-state index contributed by atoms with van der Waals surface area (Å²) in [6.07, 6.45) is 0. The van der Waals surface area contributed by atoms with E-state index in [1.807, 2.05) is 0 Å². The van der Waals surface area contributed by atoms with Gasteiger partial charge in [-0.25, -0.2) is 13.6 Å². The maximum Gasteiger partial charge on any atom is 0.346 e. The summed E-state index contributed by atoms with van der Waals surface area (Å²) in [6, 6.07) is 6.31. The number of benzene rings is 2. The van der Waals surface area contributed by atoms with E-state index >= 15 is 0 Å². The van der Waals surface area contributed by atoms with Crippen LogP contribution in [0.3, 0.4) is 0 Å². The monoisotopic (exact) mass is 358 g/mol. The zero-order chi connectivity index (χ0) is 16.0. The summed E-state index contributed by atoms with van der Waals surface area (Å²) >= 11 is 12.7. The van der Waals surface area contributed by atoms with Crippen LogP contribution in [-0.2, 0) is 0 Å². The molecule has 0 spiro atoms. The lowest BCUT2D eigenvalue weighted by Crippen LogP contribution is -1.96. The quantitative estimate of drug-likeness (QED) is 0.583. The first kappa shape index (κ1) is 15.2. The normalized spacial score (nSPS) is 11.1. The molecule has 0 unspecified atom stereocenters. The molecule has 22 heavy (non-hydrogen) atoms. The summed E-state index contributed by atoms with van der Waals surface area (Å²) in [6.45, 7) is 0. The Morgan fingerprint density at radius 3 is 2.55 bits per heavy atom. The Morgan fingerprint density at radius 1 is 1.14 bits per heavy atom. The highest BCUT2D eigenvalue weighted by atomic mass is 35.5. The van der Waals surface area contributed by atoms with E-state index in [1.165, 1.54) is 24.3 Å². The minimum absolute atomic E-state index is 0.0517. The van der Waals surface area contributed by atoms with Gasteiger partial charge >= 0.3 is 5.97 Å². The molecule has 0 atom stereocenters. The van der Waals surface area contributed by atoms with Crippen molar-refractivity contribution in [3.05, 3.63) is 56.9 Å². The Balaban J connectivity index is 2.44. The molecule has 7 heteroatoms. The van der Waals surface area contributed by atoms with Gasteiger partial charge in [0.15, 0.2) is 0 Å². The van der Waals surface area contributed by atoms with Crippen molar-refractivity contribution >= 4 is 50.6 Å². The highest BCUT2D eigenvalue weighted by molar-refractivity contribution is 7.21. The number of hydrogen-bond acceptors (Lipinski definition) is 2. The molecule has 0 amide bonds. The van der Waals surface area contributed by atoms with Crippen molar-refractivity contribution in [1.29, 1.82) is 0 Å². The molecular formula is C15H6Cl2F2O2S. The lowest BCUT2D eigenvalue weighted by Gasteiger charge is -2.07. The number of rotatable bonds is 2. The van der Waals surface area contributed by atoms with Gasteiger partial charge in [0.25, 0.3) is 0 Å². The van der Waals surface area contributed by atoms with Gasteiger partial charge in [0.1, 0.15) is 16.5 Å². The molecule has 2 aromatic carbocycles. The number of carboxylic acid groups (broad SMARTS) is 1. The van der Waals surface area contributed by atoms with Gasteiger partial charge < -0.3 is 5.11 Å². The van der Waals surface area contributed by atoms with Crippen molar-refractivity contribution in [2.24, 2.45) is 0 Å². The first-order valence-electron chi connectivity index (χ1n) is 5.98. The molecule has 0 aliphatic carbocycles. The standard InChI is InChI=1S/C15H6Cl2F2O2S/c16-6-3-9(13(17)10(19)4-6)12-8-2-1-7(18)5-11(8)22-14(12)15(20)21/h1-5H,(H,20,21). The molecule has 112 valence electrons. The number of hydrogen-bond donors (Lipinski definition) is 1. The second-order valence-corrected chi connectivity index (χ2v) is 6.37. The minimum atomic E-state index is -1.20. The Morgan fingerprint density at radius 2 is 1.86 bits per heavy atom. The zero-order valence-electron chi connectivity index (χ0n) is 10.7. The Labute approximate surface area is 137 Å². The van der Waals surface area contributed by atoms with Gasteiger partial charge in [-0.05, 0) is 30.3 Å². The van der Waals surface area contributed by atoms with E-state index in [0.717, 1.165) is 17.4 Å². The third-order valence-corrected chi connectivity index (χ3v) is 4.85. The average molecular weight is 359 g/mol. The lowest BCUT2D eigenvalue weighted by atomic mass is 10.0. The SMILES string of the molecule is O=C(O)c1sc2cc(F)ccc2c1-c1cc(Cl)cc(F)c1Cl. The summed E-state index contributed by atoms with van der Waals surface area (Å²) in [7, 11) is 0. The van der Waals surface area contributed by atoms with Gasteiger partial charge in [-0.15, -0.1) is 11.3 Å². The molecule has 0 bridgehead atoms. The van der Waals surface area contributed by atoms with Gasteiger partial charge in [0.2, 0.25) is 0 Å². The molecule has 2 nitrogen and oxygen atoms in total. The van der Waals surface area contributed by atoms with Crippen LogP contribution in [0, 0.1) is 11.6 Å². The van der Waals surface area contributed by atoms with Crippen molar-refractivity contribution in [3.63, 3.8) is 0 Å². The molecule has 1 aromatic heterocycles. The van der Waals surface area contributed by atoms with E-state index in [0.29, 0.717) is 10.1 Å². The van der Waals surface area contributed by atoms with Crippen LogP contribution in [0.15, 0.2) is 30.3 Å². The summed E-state index contributed by atoms with van der Waals surface area (Å²) < 4.78 is 27.6. The number of aromatic carboxylic acids is 1. The van der Waals surface area contributed by atoms with Crippen LogP contribution in [-0.4, -0.2) is 11.1 Å². The fraction of sp³-hybridized carbons (Fsp3) is 0. The molecule has 0 saturated carbocycles. The summed E-state index contributed by atoms with van der Waals surface area (Å²) in [5.41, 5.74) is 0.404. The molecular weight excluding hydrogens is 353 g/mol. The topological polar surface area (TPSA) is 37.3 Å². The number of carboxylic acids is 1. The number of carbonyl (C=O) groups is 1. The van der Waals surface area contributed by atoms with Crippen LogP contribution in [0.25, 0.3) is 21.2 Å². The Kier molecular flexibility index (Phi) is 3.80. The summed E-state index contributed by atoms with van der Waals surface area (Å²) in [4.78, 5) is 11.4. The van der Waals surface area contributed by atoms with Crippen molar-refractivity contribution in [1.82, 2.24) is 0 Å². The largest absolute Gasteiger partial charge is 0.477 e. The van der Waals surface area contributed by atoms with Crippen LogP contribution in [0.4, 0.5) is 8.78 Å². The van der Waals surface area contributed by atoms with Crippen molar-refractivity contribution in [2.45, 2.75) is 0 Å². The highest BCUT2D eigenvalue weighted by Crippen LogP contribution is 2.43. The van der Waals surface area contributed by atoms with Gasteiger partial charge in [0.05, 0.1) is 5.02 Å². The second kappa shape index (κ2) is 5.50. The predicted octanol–water partition coefficient (Wildman–Crippen LogP) is 5.85. The molecule has 3 rings (SSSR count). The van der Waals surface area contributed by atoms with Gasteiger partial charge in [-0.2, -0.15) is 0 Å². The summed E-state index contributed by atoms with van der Waals surface area (Å²) in [5.74, 6) is -2.43. The van der Waals surface area contributed by atoms with Crippen LogP contribution in [0.2, 0.25) is 10.0 Å². The average Bonchev–Trinajstić information content (AvgIpc) is 2.81. The molecule has 3 aromatic rings. The van der Waals surface area contributed by atoms with Gasteiger partial charge in [0, 0.05) is 26.2 Å². The van der Waals surface area contributed by atoms with Gasteiger partial charge in [-0.3, -0.25) is 0 Å². The van der Waals surface area contributed by atoms with E-state index in [-0.39, 0.29) is 26.0 Å². The first-order chi connectivity index (χ1) is 10.4. The maximum atomic E-state index is 13.8. The van der Waals surface area contributed by atoms with Crippen LogP contribution in [0.1, 0.15) is 9.67 Å². The highest BCUT2D eigenvalue weighted by Gasteiger charge is 2.23. The van der Waals surface area contributed by atoms with Crippen molar-refractivity contribution in [2.75, 3.05) is 0 Å². The fourth-order valence-electron chi connectivity index (χ4n) is 2.23. The third-order valence-electron chi connectivity index (χ3n) is 3.11. The van der Waals surface area contributed by atoms with E-state index in [9.17, 15) is 18.7 Å². The van der Waals surface area contributed by atoms with Crippen molar-refractivity contribution < 1.29 is 18.7 Å². The molecule has 1 heterocycles. The van der Waals surface area contributed by atoms with Crippen LogP contribution < -0.4 is 0 Å². The van der Waals surface area contributed by atoms with E-state index in [2.05, 4.69) is 0 Å². The molecule has 0 radical (unpaired) electrons. The third kappa shape index (κ3) is 2.45. The first-order valence-corrected chi connectivity index (χ1v) is 7.56. The molecule has 0 aliphatic rings. The lowest BCUT2D eigenvalue weighted by molar-refractivity contribution is 0.0703. The predicted molar refractivity (Wildman–Crippen MR) is 84.2 cm³/mol. The van der Waals surface area contributed by atoms with E-state index < -0.39 is 17.6 Å². The molecule has 1 N–H and O–H groups in total. The zero-order valence-corrected chi connectivity index (χ0v) is 13.0. The van der Waals surface area contributed by atoms with Crippen LogP contribution >= 0.6 is 34.5 Å². The molecule has 0 aliphatic heterocycles. The second-order valence-electron chi connectivity index (χ2n) is 4.50. The fourth-order valence-corrected chi connectivity index (χ4v) is 3.72. The minimum Gasteiger partial charge on any atom is -0.477 e. The van der Waals surface area contributed by atoms with Crippen LogP contribution in [0.5, 0.6) is 0 Å². The Bertz CT molecular complexity index is 922. The maximum absolute atomic E-state index is 13.8. The summed E-state index contributed by atoms with van der Waals surface area (Å²) in [5, 5.41) is 9.72. The smallest absolute Gasteiger partial charge is 0.346 e. The van der Waals surface area contributed by atoms with Crippen molar-refractivity contribution in [3.8, 4) is 11.1 Å².